The molecule has 2 aliphatic carbocycles. The number of carbonyl (C=O) groups excluding carboxylic acids is 1. The first-order chi connectivity index (χ1) is 18.1. The van der Waals surface area contributed by atoms with E-state index in [4.69, 9.17) is 16.3 Å². The van der Waals surface area contributed by atoms with E-state index in [0.29, 0.717) is 42.8 Å². The molecular weight excluding hydrogens is 488 g/mol. The third kappa shape index (κ3) is 3.98. The van der Waals surface area contributed by atoms with E-state index in [1.807, 2.05) is 42.5 Å². The standard InChI is InChI=1S/C29H25ClN4O3/c30-27-23-15-37-14-22(23)21-8-5-16(9-24(21)33-27)13-34(26-20-4-2-1-3-18(20)10-25(26)35)29(36)19-11-31-28(32-12-19)17-6-7-17/h1-5,8-9,11-12,17,25-26,35H,6-7,10,13-15H2/t25-,26-/m1/s1. The number of halogens is 1. The van der Waals surface area contributed by atoms with Crippen LogP contribution in [0.4, 0.5) is 0 Å². The summed E-state index contributed by atoms with van der Waals surface area (Å²) >= 11 is 6.45. The Bertz CT molecular complexity index is 1540. The van der Waals surface area contributed by atoms with E-state index in [2.05, 4.69) is 15.0 Å². The molecular formula is C29H25ClN4O3. The third-order valence-electron chi connectivity index (χ3n) is 7.69. The molecule has 0 unspecified atom stereocenters. The zero-order chi connectivity index (χ0) is 25.1. The van der Waals surface area contributed by atoms with Crippen LogP contribution >= 0.6 is 11.6 Å². The fourth-order valence-electron chi connectivity index (χ4n) is 5.64. The highest BCUT2D eigenvalue weighted by molar-refractivity contribution is 6.30. The largest absolute Gasteiger partial charge is 0.390 e. The smallest absolute Gasteiger partial charge is 0.257 e. The van der Waals surface area contributed by atoms with E-state index in [9.17, 15) is 9.90 Å². The Labute approximate surface area is 219 Å². The molecule has 0 bridgehead atoms. The van der Waals surface area contributed by atoms with Gasteiger partial charge in [0.15, 0.2) is 0 Å². The monoisotopic (exact) mass is 512 g/mol. The van der Waals surface area contributed by atoms with Crippen molar-refractivity contribution in [1.82, 2.24) is 19.9 Å². The molecule has 7 rings (SSSR count). The number of nitrogens with zero attached hydrogens (tertiary/aromatic N) is 4. The molecule has 1 saturated carbocycles. The van der Waals surface area contributed by atoms with Gasteiger partial charge in [-0.2, -0.15) is 0 Å². The summed E-state index contributed by atoms with van der Waals surface area (Å²) in [5.74, 6) is 0.993. The Morgan fingerprint density at radius 1 is 1.08 bits per heavy atom. The van der Waals surface area contributed by atoms with Crippen LogP contribution in [0.2, 0.25) is 5.15 Å². The Hall–Kier alpha value is -3.39. The van der Waals surface area contributed by atoms with Crippen LogP contribution in [0.25, 0.3) is 10.9 Å². The molecule has 1 N–H and O–H groups in total. The second kappa shape index (κ2) is 8.87. The number of aliphatic hydroxyl groups is 1. The van der Waals surface area contributed by atoms with Gasteiger partial charge < -0.3 is 14.7 Å². The minimum atomic E-state index is -0.707. The van der Waals surface area contributed by atoms with E-state index in [0.717, 1.165) is 57.4 Å². The van der Waals surface area contributed by atoms with Crippen molar-refractivity contribution in [1.29, 1.82) is 0 Å². The Morgan fingerprint density at radius 3 is 2.68 bits per heavy atom. The number of benzene rings is 2. The van der Waals surface area contributed by atoms with Crippen molar-refractivity contribution in [3.8, 4) is 0 Å². The molecule has 0 spiro atoms. The van der Waals surface area contributed by atoms with Crippen molar-refractivity contribution in [3.63, 3.8) is 0 Å². The van der Waals surface area contributed by atoms with Crippen molar-refractivity contribution >= 4 is 28.4 Å². The number of hydrogen-bond acceptors (Lipinski definition) is 6. The molecule has 3 aliphatic rings. The third-order valence-corrected chi connectivity index (χ3v) is 8.00. The molecule has 8 heteroatoms. The first-order valence-electron chi connectivity index (χ1n) is 12.6. The van der Waals surface area contributed by atoms with Gasteiger partial charge in [-0.15, -0.1) is 0 Å². The maximum Gasteiger partial charge on any atom is 0.257 e. The average molecular weight is 513 g/mol. The first kappa shape index (κ1) is 22.8. The van der Waals surface area contributed by atoms with E-state index in [-0.39, 0.29) is 5.91 Å². The number of fused-ring (bicyclic) bond motifs is 4. The minimum Gasteiger partial charge on any atom is -0.390 e. The SMILES string of the molecule is O=C(c1cnc(C2CC2)nc1)N(Cc1ccc2c3c(c(Cl)nc2c1)COC3)[C@@H]1c2ccccc2C[C@H]1O. The first-order valence-corrected chi connectivity index (χ1v) is 13.0. The fourth-order valence-corrected chi connectivity index (χ4v) is 5.90. The van der Waals surface area contributed by atoms with Gasteiger partial charge in [0, 0.05) is 42.2 Å². The summed E-state index contributed by atoms with van der Waals surface area (Å²) in [5.41, 5.74) is 6.12. The number of rotatable bonds is 5. The molecule has 37 heavy (non-hydrogen) atoms. The van der Waals surface area contributed by atoms with Crippen LogP contribution in [0, 0.1) is 0 Å². The van der Waals surface area contributed by atoms with Crippen molar-refractivity contribution < 1.29 is 14.6 Å². The van der Waals surface area contributed by atoms with Crippen LogP contribution in [-0.4, -0.2) is 37.0 Å². The fraction of sp³-hybridized carbons (Fsp3) is 0.310. The molecule has 2 aromatic heterocycles. The lowest BCUT2D eigenvalue weighted by Crippen LogP contribution is -2.38. The number of amides is 1. The molecule has 1 aliphatic heterocycles. The lowest BCUT2D eigenvalue weighted by atomic mass is 10.0. The normalized spacial score (nSPS) is 20.2. The zero-order valence-electron chi connectivity index (χ0n) is 20.1. The van der Waals surface area contributed by atoms with Crippen LogP contribution < -0.4 is 0 Å². The van der Waals surface area contributed by atoms with Gasteiger partial charge >= 0.3 is 0 Å². The minimum absolute atomic E-state index is 0.212. The van der Waals surface area contributed by atoms with Crippen LogP contribution in [0.3, 0.4) is 0 Å². The van der Waals surface area contributed by atoms with Gasteiger partial charge in [-0.3, -0.25) is 4.79 Å². The highest BCUT2D eigenvalue weighted by atomic mass is 35.5. The van der Waals surface area contributed by atoms with Crippen molar-refractivity contribution in [3.05, 3.63) is 99.2 Å². The topological polar surface area (TPSA) is 88.4 Å². The number of carbonyl (C=O) groups is 1. The molecule has 0 saturated heterocycles. The summed E-state index contributed by atoms with van der Waals surface area (Å²) in [5, 5.41) is 12.6. The Kier molecular flexibility index (Phi) is 5.46. The summed E-state index contributed by atoms with van der Waals surface area (Å²) in [7, 11) is 0. The molecule has 7 nitrogen and oxygen atoms in total. The number of aromatic nitrogens is 3. The number of hydrogen-bond donors (Lipinski definition) is 1. The van der Waals surface area contributed by atoms with Crippen molar-refractivity contribution in [2.75, 3.05) is 0 Å². The Morgan fingerprint density at radius 2 is 1.86 bits per heavy atom. The molecule has 4 aromatic rings. The van der Waals surface area contributed by atoms with Crippen molar-refractivity contribution in [2.24, 2.45) is 0 Å². The second-order valence-electron chi connectivity index (χ2n) is 10.2. The van der Waals surface area contributed by atoms with E-state index >= 15 is 0 Å². The zero-order valence-corrected chi connectivity index (χ0v) is 20.9. The molecule has 2 aromatic carbocycles. The van der Waals surface area contributed by atoms with Crippen LogP contribution in [0.15, 0.2) is 54.9 Å². The number of aliphatic hydroxyl groups excluding tert-OH is 1. The summed E-state index contributed by atoms with van der Waals surface area (Å²) in [6.45, 7) is 1.28. The highest BCUT2D eigenvalue weighted by Gasteiger charge is 2.38. The van der Waals surface area contributed by atoms with Gasteiger partial charge in [0.1, 0.15) is 11.0 Å². The Balaban J connectivity index is 1.28. The van der Waals surface area contributed by atoms with E-state index < -0.39 is 12.1 Å². The van der Waals surface area contributed by atoms with Gasteiger partial charge in [0.25, 0.3) is 5.91 Å². The van der Waals surface area contributed by atoms with Crippen LogP contribution in [0.5, 0.6) is 0 Å². The quantitative estimate of drug-likeness (QED) is 0.383. The molecule has 1 amide bonds. The van der Waals surface area contributed by atoms with Crippen LogP contribution in [-0.2, 0) is 30.9 Å². The van der Waals surface area contributed by atoms with Gasteiger partial charge in [-0.25, -0.2) is 15.0 Å². The van der Waals surface area contributed by atoms with Crippen LogP contribution in [0.1, 0.15) is 68.8 Å². The molecule has 3 heterocycles. The lowest BCUT2D eigenvalue weighted by Gasteiger charge is -2.32. The summed E-state index contributed by atoms with van der Waals surface area (Å²) < 4.78 is 5.60. The summed E-state index contributed by atoms with van der Waals surface area (Å²) in [6.07, 6.45) is 5.23. The second-order valence-corrected chi connectivity index (χ2v) is 10.5. The van der Waals surface area contributed by atoms with Gasteiger partial charge in [0.05, 0.1) is 36.4 Å². The predicted molar refractivity (Wildman–Crippen MR) is 138 cm³/mol. The van der Waals surface area contributed by atoms with Gasteiger partial charge in [-0.05, 0) is 41.2 Å². The lowest BCUT2D eigenvalue weighted by molar-refractivity contribution is 0.0384. The van der Waals surface area contributed by atoms with E-state index in [1.54, 1.807) is 17.3 Å². The van der Waals surface area contributed by atoms with Gasteiger partial charge in [0.2, 0.25) is 0 Å². The molecule has 2 atom stereocenters. The average Bonchev–Trinajstić information content (AvgIpc) is 3.54. The van der Waals surface area contributed by atoms with E-state index in [1.165, 1.54) is 0 Å². The highest BCUT2D eigenvalue weighted by Crippen LogP contribution is 2.40. The van der Waals surface area contributed by atoms with Gasteiger partial charge in [-0.1, -0.05) is 48.0 Å². The predicted octanol–water partition coefficient (Wildman–Crippen LogP) is 4.89. The molecule has 0 radical (unpaired) electrons. The maximum absolute atomic E-state index is 13.9. The molecule has 1 fully saturated rings. The molecule has 186 valence electrons. The van der Waals surface area contributed by atoms with Crippen molar-refractivity contribution in [2.45, 2.75) is 57.1 Å². The number of pyridine rings is 1. The maximum atomic E-state index is 13.9. The summed E-state index contributed by atoms with van der Waals surface area (Å²) in [4.78, 5) is 29.2. The number of ether oxygens (including phenoxy) is 1. The summed E-state index contributed by atoms with van der Waals surface area (Å²) in [6, 6.07) is 13.4.